The van der Waals surface area contributed by atoms with Gasteiger partial charge in [-0.05, 0) is 47.5 Å². The summed E-state index contributed by atoms with van der Waals surface area (Å²) in [6.07, 6.45) is 9.28. The van der Waals surface area contributed by atoms with Crippen molar-refractivity contribution < 1.29 is 0 Å². The molecular formula is C23H20Br2N2. The smallest absolute Gasteiger partial charge is 0.0487 e. The number of hydrogen-bond donors (Lipinski definition) is 0. The molecule has 136 valence electrons. The van der Waals surface area contributed by atoms with Gasteiger partial charge in [0.1, 0.15) is 0 Å². The van der Waals surface area contributed by atoms with Crippen LogP contribution in [0.4, 0.5) is 0 Å². The summed E-state index contributed by atoms with van der Waals surface area (Å²) in [7, 11) is 0. The second kappa shape index (κ2) is 7.53. The van der Waals surface area contributed by atoms with Crippen molar-refractivity contribution in [3.8, 4) is 0 Å². The highest BCUT2D eigenvalue weighted by atomic mass is 79.9. The monoisotopic (exact) mass is 482 g/mol. The third-order valence-corrected chi connectivity index (χ3v) is 5.87. The number of fused-ring (bicyclic) bond motifs is 2. The zero-order valence-electron chi connectivity index (χ0n) is 15.0. The maximum absolute atomic E-state index is 3.90. The fourth-order valence-corrected chi connectivity index (χ4v) is 4.48. The number of aromatic nitrogens is 2. The van der Waals surface area contributed by atoms with Crippen molar-refractivity contribution in [2.75, 3.05) is 0 Å². The van der Waals surface area contributed by atoms with E-state index in [-0.39, 0.29) is 0 Å². The van der Waals surface area contributed by atoms with Crippen molar-refractivity contribution in [3.05, 3.63) is 94.2 Å². The van der Waals surface area contributed by atoms with Gasteiger partial charge in [0.2, 0.25) is 0 Å². The van der Waals surface area contributed by atoms with Crippen LogP contribution in [-0.2, 0) is 19.5 Å². The molecule has 27 heavy (non-hydrogen) atoms. The van der Waals surface area contributed by atoms with Gasteiger partial charge in [0.15, 0.2) is 0 Å². The van der Waals surface area contributed by atoms with Crippen molar-refractivity contribution in [3.63, 3.8) is 0 Å². The van der Waals surface area contributed by atoms with Crippen LogP contribution in [0.25, 0.3) is 21.8 Å². The van der Waals surface area contributed by atoms with Crippen LogP contribution in [-0.4, -0.2) is 9.13 Å². The number of rotatable bonds is 6. The Morgan fingerprint density at radius 1 is 0.741 bits per heavy atom. The Kier molecular flexibility index (Phi) is 5.11. The highest BCUT2D eigenvalue weighted by molar-refractivity contribution is 9.10. The first-order chi connectivity index (χ1) is 13.1. The molecule has 0 fully saturated rings. The van der Waals surface area contributed by atoms with Gasteiger partial charge in [-0.2, -0.15) is 0 Å². The van der Waals surface area contributed by atoms with Crippen molar-refractivity contribution in [1.82, 2.24) is 9.13 Å². The second-order valence-corrected chi connectivity index (χ2v) is 8.52. The first kappa shape index (κ1) is 18.3. The minimum atomic E-state index is 0.807. The van der Waals surface area contributed by atoms with Crippen LogP contribution in [0, 0.1) is 0 Å². The fourth-order valence-electron chi connectivity index (χ4n) is 3.75. The first-order valence-corrected chi connectivity index (χ1v) is 10.5. The number of benzene rings is 2. The minimum Gasteiger partial charge on any atom is -0.343 e. The predicted molar refractivity (Wildman–Crippen MR) is 122 cm³/mol. The van der Waals surface area contributed by atoms with Crippen molar-refractivity contribution in [2.45, 2.75) is 19.5 Å². The standard InChI is InChI=1S/C23H20Br2N2/c1-3-9-26-14-16(20-12-18(24)5-7-22(20)26)11-17-15-27(10-4-2)23-8-6-19(25)13-21(17)23/h3-8,12-15H,1-2,9-11H2. The molecule has 0 aliphatic heterocycles. The quantitative estimate of drug-likeness (QED) is 0.259. The molecule has 0 N–H and O–H groups in total. The van der Waals surface area contributed by atoms with Gasteiger partial charge in [-0.15, -0.1) is 13.2 Å². The van der Waals surface area contributed by atoms with Gasteiger partial charge in [-0.1, -0.05) is 44.0 Å². The van der Waals surface area contributed by atoms with Gasteiger partial charge in [-0.3, -0.25) is 0 Å². The predicted octanol–water partition coefficient (Wildman–Crippen LogP) is 7.08. The SMILES string of the molecule is C=CCn1cc(Cc2cn(CC=C)c3ccc(Br)cc23)c2cc(Br)ccc21. The first-order valence-electron chi connectivity index (χ1n) is 8.87. The summed E-state index contributed by atoms with van der Waals surface area (Å²) in [6.45, 7) is 9.41. The lowest BCUT2D eigenvalue weighted by atomic mass is 10.0. The number of halogens is 2. The average molecular weight is 484 g/mol. The third-order valence-electron chi connectivity index (χ3n) is 4.88. The molecule has 0 atom stereocenters. The molecule has 0 unspecified atom stereocenters. The Morgan fingerprint density at radius 3 is 1.59 bits per heavy atom. The molecule has 0 aliphatic rings. The topological polar surface area (TPSA) is 9.86 Å². The molecule has 0 bridgehead atoms. The van der Waals surface area contributed by atoms with E-state index in [0.29, 0.717) is 0 Å². The molecule has 2 nitrogen and oxygen atoms in total. The number of nitrogens with zero attached hydrogens (tertiary/aromatic N) is 2. The molecule has 0 amide bonds. The Balaban J connectivity index is 1.87. The van der Waals surface area contributed by atoms with Crippen LogP contribution in [0.1, 0.15) is 11.1 Å². The molecule has 0 saturated carbocycles. The Morgan fingerprint density at radius 2 is 1.19 bits per heavy atom. The zero-order chi connectivity index (χ0) is 19.0. The van der Waals surface area contributed by atoms with E-state index in [2.05, 4.69) is 103 Å². The molecule has 4 rings (SSSR count). The van der Waals surface area contributed by atoms with E-state index in [4.69, 9.17) is 0 Å². The summed E-state index contributed by atoms with van der Waals surface area (Å²) >= 11 is 7.25. The van der Waals surface area contributed by atoms with Gasteiger partial charge in [0, 0.05) is 62.7 Å². The molecule has 2 aromatic heterocycles. The summed E-state index contributed by atoms with van der Waals surface area (Å²) in [4.78, 5) is 0. The molecule has 0 spiro atoms. The van der Waals surface area contributed by atoms with Gasteiger partial charge in [0.25, 0.3) is 0 Å². The van der Waals surface area contributed by atoms with E-state index in [1.807, 2.05) is 12.2 Å². The Labute approximate surface area is 176 Å². The third kappa shape index (κ3) is 3.44. The lowest BCUT2D eigenvalue weighted by Gasteiger charge is -2.01. The fraction of sp³-hybridized carbons (Fsp3) is 0.130. The highest BCUT2D eigenvalue weighted by Crippen LogP contribution is 2.31. The second-order valence-electron chi connectivity index (χ2n) is 6.69. The van der Waals surface area contributed by atoms with Crippen LogP contribution < -0.4 is 0 Å². The van der Waals surface area contributed by atoms with Crippen LogP contribution >= 0.6 is 31.9 Å². The molecule has 0 radical (unpaired) electrons. The van der Waals surface area contributed by atoms with E-state index in [1.54, 1.807) is 0 Å². The van der Waals surface area contributed by atoms with Crippen LogP contribution in [0.5, 0.6) is 0 Å². The van der Waals surface area contributed by atoms with Gasteiger partial charge in [0.05, 0.1) is 0 Å². The Bertz CT molecular complexity index is 1070. The molecule has 4 heteroatoms. The van der Waals surface area contributed by atoms with E-state index < -0.39 is 0 Å². The maximum atomic E-state index is 3.90. The molecule has 2 aromatic carbocycles. The van der Waals surface area contributed by atoms with Crippen molar-refractivity contribution >= 4 is 53.7 Å². The number of allylic oxidation sites excluding steroid dienone is 2. The van der Waals surface area contributed by atoms with Crippen molar-refractivity contribution in [2.24, 2.45) is 0 Å². The van der Waals surface area contributed by atoms with Crippen LogP contribution in [0.15, 0.2) is 83.0 Å². The van der Waals surface area contributed by atoms with Gasteiger partial charge in [-0.25, -0.2) is 0 Å². The lowest BCUT2D eigenvalue weighted by molar-refractivity contribution is 0.853. The Hall–Kier alpha value is -2.04. The zero-order valence-corrected chi connectivity index (χ0v) is 18.1. The molecule has 4 aromatic rings. The van der Waals surface area contributed by atoms with E-state index in [9.17, 15) is 0 Å². The van der Waals surface area contributed by atoms with Gasteiger partial charge < -0.3 is 9.13 Å². The van der Waals surface area contributed by atoms with Crippen molar-refractivity contribution in [1.29, 1.82) is 0 Å². The molecule has 0 aliphatic carbocycles. The largest absolute Gasteiger partial charge is 0.343 e. The molecule has 2 heterocycles. The maximum Gasteiger partial charge on any atom is 0.0487 e. The normalized spacial score (nSPS) is 11.3. The van der Waals surface area contributed by atoms with Crippen LogP contribution in [0.3, 0.4) is 0 Å². The summed E-state index contributed by atoms with van der Waals surface area (Å²) < 4.78 is 6.74. The van der Waals surface area contributed by atoms with E-state index in [1.165, 1.54) is 32.9 Å². The van der Waals surface area contributed by atoms with Gasteiger partial charge >= 0.3 is 0 Å². The van der Waals surface area contributed by atoms with Crippen LogP contribution in [0.2, 0.25) is 0 Å². The molecule has 0 saturated heterocycles. The summed E-state index contributed by atoms with van der Waals surface area (Å²) in [6, 6.07) is 13.0. The summed E-state index contributed by atoms with van der Waals surface area (Å²) in [5.74, 6) is 0. The summed E-state index contributed by atoms with van der Waals surface area (Å²) in [5.41, 5.74) is 5.13. The number of hydrogen-bond acceptors (Lipinski definition) is 0. The average Bonchev–Trinajstić information content (AvgIpc) is 3.14. The summed E-state index contributed by atoms with van der Waals surface area (Å²) in [5, 5.41) is 2.57. The van der Waals surface area contributed by atoms with E-state index >= 15 is 0 Å². The lowest BCUT2D eigenvalue weighted by Crippen LogP contribution is -1.92. The minimum absolute atomic E-state index is 0.807. The van der Waals surface area contributed by atoms with E-state index in [0.717, 1.165) is 28.5 Å². The molecular weight excluding hydrogens is 464 g/mol. The highest BCUT2D eigenvalue weighted by Gasteiger charge is 2.13.